The maximum atomic E-state index is 11.3. The zero-order valence-electron chi connectivity index (χ0n) is 8.35. The van der Waals surface area contributed by atoms with Gasteiger partial charge >= 0.3 is 0 Å². The first kappa shape index (κ1) is 12.7. The number of aliphatic hydroxyl groups excluding tert-OH is 1. The molecule has 3 nitrogen and oxygen atoms in total. The summed E-state index contributed by atoms with van der Waals surface area (Å²) >= 11 is 3.27. The van der Waals surface area contributed by atoms with Gasteiger partial charge in [-0.25, -0.2) is 8.42 Å². The van der Waals surface area contributed by atoms with E-state index < -0.39 is 15.9 Å². The fourth-order valence-corrected chi connectivity index (χ4v) is 2.31. The number of hydrogen-bond acceptors (Lipinski definition) is 3. The van der Waals surface area contributed by atoms with Crippen LogP contribution in [0.25, 0.3) is 0 Å². The molecule has 1 aromatic carbocycles. The molecule has 1 atom stereocenters. The molecular weight excluding hydrogens is 280 g/mol. The standard InChI is InChI=1S/C10H13BrO3S/c1-2-15(13,14)7-10(12)8-3-5-9(11)6-4-8/h3-6,10,12H,2,7H2,1H3/t10-/m1/s1. The second-order valence-electron chi connectivity index (χ2n) is 3.27. The van der Waals surface area contributed by atoms with Crippen LogP contribution >= 0.6 is 15.9 Å². The van der Waals surface area contributed by atoms with Crippen LogP contribution in [0.4, 0.5) is 0 Å². The van der Waals surface area contributed by atoms with Crippen molar-refractivity contribution in [3.8, 4) is 0 Å². The van der Waals surface area contributed by atoms with E-state index in [4.69, 9.17) is 0 Å². The first-order valence-electron chi connectivity index (χ1n) is 4.58. The van der Waals surface area contributed by atoms with Gasteiger partial charge < -0.3 is 5.11 Å². The molecule has 0 fully saturated rings. The summed E-state index contributed by atoms with van der Waals surface area (Å²) < 4.78 is 23.5. The SMILES string of the molecule is CCS(=O)(=O)C[C@@H](O)c1ccc(Br)cc1. The van der Waals surface area contributed by atoms with Crippen molar-refractivity contribution in [1.82, 2.24) is 0 Å². The summed E-state index contributed by atoms with van der Waals surface area (Å²) in [6.45, 7) is 1.57. The molecule has 0 amide bonds. The zero-order valence-corrected chi connectivity index (χ0v) is 10.8. The van der Waals surface area contributed by atoms with E-state index in [9.17, 15) is 13.5 Å². The number of rotatable bonds is 4. The van der Waals surface area contributed by atoms with Crippen molar-refractivity contribution in [3.63, 3.8) is 0 Å². The average Bonchev–Trinajstić information content (AvgIpc) is 2.18. The molecule has 0 bridgehead atoms. The van der Waals surface area contributed by atoms with Crippen molar-refractivity contribution in [2.75, 3.05) is 11.5 Å². The second-order valence-corrected chi connectivity index (χ2v) is 6.58. The molecule has 0 spiro atoms. The van der Waals surface area contributed by atoms with Crippen LogP contribution in [0, 0.1) is 0 Å². The molecule has 0 unspecified atom stereocenters. The molecule has 84 valence electrons. The summed E-state index contributed by atoms with van der Waals surface area (Å²) in [5.41, 5.74) is 0.621. The second kappa shape index (κ2) is 5.09. The van der Waals surface area contributed by atoms with E-state index in [-0.39, 0.29) is 11.5 Å². The molecule has 1 N–H and O–H groups in total. The largest absolute Gasteiger partial charge is 0.387 e. The highest BCUT2D eigenvalue weighted by molar-refractivity contribution is 9.10. The van der Waals surface area contributed by atoms with Crippen molar-refractivity contribution < 1.29 is 13.5 Å². The molecule has 0 aromatic heterocycles. The molecule has 15 heavy (non-hydrogen) atoms. The highest BCUT2D eigenvalue weighted by Crippen LogP contribution is 2.18. The Balaban J connectivity index is 2.78. The van der Waals surface area contributed by atoms with Gasteiger partial charge in [-0.1, -0.05) is 35.0 Å². The zero-order chi connectivity index (χ0) is 11.5. The number of aliphatic hydroxyl groups is 1. The molecule has 0 aliphatic carbocycles. The van der Waals surface area contributed by atoms with Crippen LogP contribution < -0.4 is 0 Å². The molecule has 1 aromatic rings. The monoisotopic (exact) mass is 292 g/mol. The van der Waals surface area contributed by atoms with Gasteiger partial charge in [0.1, 0.15) is 0 Å². The maximum Gasteiger partial charge on any atom is 0.152 e. The minimum atomic E-state index is -3.14. The first-order valence-corrected chi connectivity index (χ1v) is 7.20. The minimum absolute atomic E-state index is 0.0561. The Morgan fingerprint density at radius 3 is 2.33 bits per heavy atom. The molecular formula is C10H13BrO3S. The Kier molecular flexibility index (Phi) is 4.31. The van der Waals surface area contributed by atoms with Gasteiger partial charge in [0.15, 0.2) is 9.84 Å². The van der Waals surface area contributed by atoms with Crippen molar-refractivity contribution >= 4 is 25.8 Å². The summed E-state index contributed by atoms with van der Waals surface area (Å²) in [5.74, 6) is -0.161. The maximum absolute atomic E-state index is 11.3. The van der Waals surface area contributed by atoms with Gasteiger partial charge in [0.25, 0.3) is 0 Å². The summed E-state index contributed by atoms with van der Waals surface area (Å²) in [4.78, 5) is 0. The normalized spacial score (nSPS) is 13.8. The number of hydrogen-bond donors (Lipinski definition) is 1. The molecule has 0 saturated heterocycles. The third-order valence-electron chi connectivity index (χ3n) is 2.11. The van der Waals surface area contributed by atoms with E-state index in [1.54, 1.807) is 31.2 Å². The lowest BCUT2D eigenvalue weighted by atomic mass is 10.1. The Labute approximate surface area is 98.2 Å². The Morgan fingerprint density at radius 2 is 1.87 bits per heavy atom. The van der Waals surface area contributed by atoms with Gasteiger partial charge in [-0.15, -0.1) is 0 Å². The molecule has 0 aliphatic rings. The van der Waals surface area contributed by atoms with E-state index in [2.05, 4.69) is 15.9 Å². The fourth-order valence-electron chi connectivity index (χ4n) is 1.14. The summed E-state index contributed by atoms with van der Waals surface area (Å²) in [5, 5.41) is 9.68. The van der Waals surface area contributed by atoms with Crippen LogP contribution in [-0.2, 0) is 9.84 Å². The molecule has 0 saturated carbocycles. The highest BCUT2D eigenvalue weighted by Gasteiger charge is 2.16. The average molecular weight is 293 g/mol. The van der Waals surface area contributed by atoms with E-state index in [0.29, 0.717) is 5.56 Å². The quantitative estimate of drug-likeness (QED) is 0.922. The highest BCUT2D eigenvalue weighted by atomic mass is 79.9. The van der Waals surface area contributed by atoms with Crippen molar-refractivity contribution in [2.45, 2.75) is 13.0 Å². The lowest BCUT2D eigenvalue weighted by molar-refractivity contribution is 0.201. The van der Waals surface area contributed by atoms with Crippen LogP contribution in [0.15, 0.2) is 28.7 Å². The number of halogens is 1. The third kappa shape index (κ3) is 3.93. The van der Waals surface area contributed by atoms with Gasteiger partial charge in [0.05, 0.1) is 11.9 Å². The van der Waals surface area contributed by atoms with Gasteiger partial charge in [-0.2, -0.15) is 0 Å². The van der Waals surface area contributed by atoms with Crippen LogP contribution in [0.3, 0.4) is 0 Å². The Morgan fingerprint density at radius 1 is 1.33 bits per heavy atom. The molecule has 5 heteroatoms. The van der Waals surface area contributed by atoms with Crippen LogP contribution in [0.2, 0.25) is 0 Å². The topological polar surface area (TPSA) is 54.4 Å². The Hall–Kier alpha value is -0.390. The summed E-state index contributed by atoms with van der Waals surface area (Å²) in [7, 11) is -3.14. The predicted octanol–water partition coefficient (Wildman–Crippen LogP) is 1.92. The Bertz CT molecular complexity index is 411. The molecule has 0 aliphatic heterocycles. The van der Waals surface area contributed by atoms with Crippen molar-refractivity contribution in [2.24, 2.45) is 0 Å². The van der Waals surface area contributed by atoms with E-state index in [0.717, 1.165) is 4.47 Å². The summed E-state index contributed by atoms with van der Waals surface area (Å²) in [6.07, 6.45) is -0.942. The minimum Gasteiger partial charge on any atom is -0.387 e. The third-order valence-corrected chi connectivity index (χ3v) is 4.34. The lowest BCUT2D eigenvalue weighted by Crippen LogP contribution is -2.16. The smallest absolute Gasteiger partial charge is 0.152 e. The fraction of sp³-hybridized carbons (Fsp3) is 0.400. The van der Waals surface area contributed by atoms with Crippen LogP contribution in [-0.4, -0.2) is 25.0 Å². The summed E-state index contributed by atoms with van der Waals surface area (Å²) in [6, 6.07) is 6.97. The molecule has 0 radical (unpaired) electrons. The lowest BCUT2D eigenvalue weighted by Gasteiger charge is -2.10. The predicted molar refractivity (Wildman–Crippen MR) is 63.4 cm³/mol. The number of benzene rings is 1. The first-order chi connectivity index (χ1) is 6.94. The van der Waals surface area contributed by atoms with Crippen molar-refractivity contribution in [3.05, 3.63) is 34.3 Å². The van der Waals surface area contributed by atoms with E-state index in [1.165, 1.54) is 0 Å². The van der Waals surface area contributed by atoms with Gasteiger partial charge in [0.2, 0.25) is 0 Å². The van der Waals surface area contributed by atoms with Crippen molar-refractivity contribution in [1.29, 1.82) is 0 Å². The van der Waals surface area contributed by atoms with Gasteiger partial charge in [-0.05, 0) is 17.7 Å². The molecule has 1 rings (SSSR count). The van der Waals surface area contributed by atoms with Crippen LogP contribution in [0.1, 0.15) is 18.6 Å². The van der Waals surface area contributed by atoms with E-state index in [1.807, 2.05) is 0 Å². The van der Waals surface area contributed by atoms with Gasteiger partial charge in [-0.3, -0.25) is 0 Å². The molecule has 0 heterocycles. The number of sulfone groups is 1. The van der Waals surface area contributed by atoms with Crippen LogP contribution in [0.5, 0.6) is 0 Å². The van der Waals surface area contributed by atoms with Gasteiger partial charge in [0, 0.05) is 10.2 Å². The van der Waals surface area contributed by atoms with E-state index >= 15 is 0 Å².